The number of aromatic nitrogens is 2. The van der Waals surface area contributed by atoms with Crippen molar-refractivity contribution in [3.8, 4) is 5.75 Å². The van der Waals surface area contributed by atoms with Gasteiger partial charge in [0, 0.05) is 6.54 Å². The molecular weight excluding hydrogens is 368 g/mol. The van der Waals surface area contributed by atoms with Gasteiger partial charge >= 0.3 is 11.9 Å². The van der Waals surface area contributed by atoms with Crippen molar-refractivity contribution < 1.29 is 19.1 Å². The van der Waals surface area contributed by atoms with E-state index in [0.29, 0.717) is 38.5 Å². The lowest BCUT2D eigenvalue weighted by Crippen LogP contribution is -2.20. The molecule has 3 aromatic rings. The van der Waals surface area contributed by atoms with Gasteiger partial charge in [-0.3, -0.25) is 9.36 Å². The lowest BCUT2D eigenvalue weighted by Gasteiger charge is -2.05. The molecule has 0 radical (unpaired) electrons. The normalized spacial score (nSPS) is 10.8. The van der Waals surface area contributed by atoms with E-state index in [1.54, 1.807) is 11.5 Å². The van der Waals surface area contributed by atoms with Crippen LogP contribution in [0.1, 0.15) is 38.9 Å². The van der Waals surface area contributed by atoms with Crippen LogP contribution in [0.3, 0.4) is 0 Å². The molecule has 0 saturated heterocycles. The Morgan fingerprint density at radius 2 is 1.89 bits per heavy atom. The minimum atomic E-state index is -0.567. The van der Waals surface area contributed by atoms with Gasteiger partial charge in [0.05, 0.1) is 24.4 Å². The molecule has 7 nitrogen and oxygen atoms in total. The highest BCUT2D eigenvalue weighted by atomic mass is 32.1. The molecule has 2 aromatic heterocycles. The Labute approximate surface area is 159 Å². The van der Waals surface area contributed by atoms with Gasteiger partial charge < -0.3 is 9.47 Å². The molecule has 0 aliphatic heterocycles. The van der Waals surface area contributed by atoms with E-state index < -0.39 is 11.9 Å². The third-order valence-corrected chi connectivity index (χ3v) is 5.23. The molecular formula is C19H18N2O5S. The predicted molar refractivity (Wildman–Crippen MR) is 102 cm³/mol. The number of hydrogen-bond donors (Lipinski definition) is 0. The molecule has 0 bridgehead atoms. The standard InChI is InChI=1S/C19H18N2O5S/c1-4-9-21-10-20-16-14(17(21)22)11(2)15(27-16)19(24)26-13-7-5-12(6-8-13)18(23)25-3/h5-8,10H,4,9H2,1-3H3. The molecule has 0 unspecified atom stereocenters. The fourth-order valence-corrected chi connectivity index (χ4v) is 3.70. The van der Waals surface area contributed by atoms with Crippen LogP contribution >= 0.6 is 11.3 Å². The average molecular weight is 386 g/mol. The van der Waals surface area contributed by atoms with Gasteiger partial charge in [-0.1, -0.05) is 6.92 Å². The number of carbonyl (C=O) groups is 2. The van der Waals surface area contributed by atoms with Crippen LogP contribution in [0.4, 0.5) is 0 Å². The fraction of sp³-hybridized carbons (Fsp3) is 0.263. The van der Waals surface area contributed by atoms with Crippen molar-refractivity contribution in [2.24, 2.45) is 0 Å². The van der Waals surface area contributed by atoms with Gasteiger partial charge in [-0.05, 0) is 43.2 Å². The Morgan fingerprint density at radius 1 is 1.19 bits per heavy atom. The Morgan fingerprint density at radius 3 is 2.52 bits per heavy atom. The molecule has 27 heavy (non-hydrogen) atoms. The molecule has 0 saturated carbocycles. The van der Waals surface area contributed by atoms with Gasteiger partial charge in [0.15, 0.2) is 0 Å². The Hall–Kier alpha value is -3.00. The quantitative estimate of drug-likeness (QED) is 0.494. The Kier molecular flexibility index (Phi) is 5.36. The first-order valence-corrected chi connectivity index (χ1v) is 9.17. The second-order valence-electron chi connectivity index (χ2n) is 5.88. The number of fused-ring (bicyclic) bond motifs is 1. The van der Waals surface area contributed by atoms with Crippen LogP contribution in [0.5, 0.6) is 5.75 Å². The number of benzene rings is 1. The van der Waals surface area contributed by atoms with Crippen molar-refractivity contribution in [2.75, 3.05) is 7.11 Å². The number of esters is 2. The summed E-state index contributed by atoms with van der Waals surface area (Å²) in [6.45, 7) is 4.27. The van der Waals surface area contributed by atoms with Crippen molar-refractivity contribution in [3.05, 3.63) is 57.0 Å². The molecule has 2 heterocycles. The topological polar surface area (TPSA) is 87.5 Å². The summed E-state index contributed by atoms with van der Waals surface area (Å²) in [6, 6.07) is 6.05. The number of rotatable bonds is 5. The second-order valence-corrected chi connectivity index (χ2v) is 6.88. The monoisotopic (exact) mass is 386 g/mol. The zero-order valence-electron chi connectivity index (χ0n) is 15.1. The highest BCUT2D eigenvalue weighted by molar-refractivity contribution is 7.20. The molecule has 140 valence electrons. The summed E-state index contributed by atoms with van der Waals surface area (Å²) in [5, 5.41) is 0.448. The minimum Gasteiger partial charge on any atom is -0.465 e. The molecule has 0 aliphatic carbocycles. The van der Waals surface area contributed by atoms with E-state index in [-0.39, 0.29) is 5.56 Å². The lowest BCUT2D eigenvalue weighted by molar-refractivity contribution is 0.0600. The number of methoxy groups -OCH3 is 1. The van der Waals surface area contributed by atoms with Crippen LogP contribution in [-0.2, 0) is 11.3 Å². The van der Waals surface area contributed by atoms with Crippen LogP contribution in [-0.4, -0.2) is 28.6 Å². The summed E-state index contributed by atoms with van der Waals surface area (Å²) in [4.78, 5) is 41.8. The largest absolute Gasteiger partial charge is 0.465 e. The van der Waals surface area contributed by atoms with E-state index in [4.69, 9.17) is 4.74 Å². The second kappa shape index (κ2) is 7.71. The molecule has 0 fully saturated rings. The summed E-state index contributed by atoms with van der Waals surface area (Å²) in [7, 11) is 1.29. The summed E-state index contributed by atoms with van der Waals surface area (Å²) in [6.07, 6.45) is 2.32. The van der Waals surface area contributed by atoms with Gasteiger partial charge in [-0.15, -0.1) is 11.3 Å². The van der Waals surface area contributed by atoms with Gasteiger partial charge in [-0.2, -0.15) is 0 Å². The number of nitrogens with zero attached hydrogens (tertiary/aromatic N) is 2. The van der Waals surface area contributed by atoms with Gasteiger partial charge in [0.2, 0.25) is 0 Å². The van der Waals surface area contributed by atoms with Gasteiger partial charge in [-0.25, -0.2) is 14.6 Å². The SMILES string of the molecule is CCCn1cnc2sc(C(=O)Oc3ccc(C(=O)OC)cc3)c(C)c2c1=O. The van der Waals surface area contributed by atoms with Crippen molar-refractivity contribution in [3.63, 3.8) is 0 Å². The van der Waals surface area contributed by atoms with E-state index in [9.17, 15) is 14.4 Å². The van der Waals surface area contributed by atoms with Crippen molar-refractivity contribution >= 4 is 33.5 Å². The molecule has 0 aliphatic rings. The third kappa shape index (κ3) is 3.61. The van der Waals surface area contributed by atoms with Crippen LogP contribution in [0, 0.1) is 6.92 Å². The number of aryl methyl sites for hydroxylation is 2. The van der Waals surface area contributed by atoms with E-state index >= 15 is 0 Å². The minimum absolute atomic E-state index is 0.155. The molecule has 8 heteroatoms. The number of ether oxygens (including phenoxy) is 2. The van der Waals surface area contributed by atoms with Crippen LogP contribution in [0.2, 0.25) is 0 Å². The number of hydrogen-bond acceptors (Lipinski definition) is 7. The molecule has 0 N–H and O–H groups in total. The van der Waals surface area contributed by atoms with Crippen LogP contribution in [0.25, 0.3) is 10.2 Å². The Balaban J connectivity index is 1.90. The van der Waals surface area contributed by atoms with Crippen molar-refractivity contribution in [1.29, 1.82) is 0 Å². The van der Waals surface area contributed by atoms with Gasteiger partial charge in [0.1, 0.15) is 15.5 Å². The smallest absolute Gasteiger partial charge is 0.354 e. The zero-order valence-corrected chi connectivity index (χ0v) is 16.0. The maximum atomic E-state index is 12.6. The number of thiophene rings is 1. The molecule has 0 spiro atoms. The van der Waals surface area contributed by atoms with Crippen LogP contribution in [0.15, 0.2) is 35.4 Å². The zero-order chi connectivity index (χ0) is 19.6. The predicted octanol–water partition coefficient (Wildman–Crippen LogP) is 3.18. The van der Waals surface area contributed by atoms with E-state index in [0.717, 1.165) is 17.8 Å². The molecule has 1 aromatic carbocycles. The molecule has 3 rings (SSSR count). The van der Waals surface area contributed by atoms with E-state index in [1.807, 2.05) is 6.92 Å². The third-order valence-electron chi connectivity index (χ3n) is 4.05. The Bertz CT molecular complexity index is 1070. The molecule has 0 amide bonds. The fourth-order valence-electron chi connectivity index (χ4n) is 2.68. The first kappa shape index (κ1) is 18.8. The van der Waals surface area contributed by atoms with Gasteiger partial charge in [0.25, 0.3) is 5.56 Å². The first-order chi connectivity index (χ1) is 13.0. The lowest BCUT2D eigenvalue weighted by atomic mass is 10.2. The highest BCUT2D eigenvalue weighted by Crippen LogP contribution is 2.28. The van der Waals surface area contributed by atoms with Crippen molar-refractivity contribution in [1.82, 2.24) is 9.55 Å². The molecule has 0 atom stereocenters. The maximum Gasteiger partial charge on any atom is 0.354 e. The highest BCUT2D eigenvalue weighted by Gasteiger charge is 2.21. The average Bonchev–Trinajstić information content (AvgIpc) is 3.01. The summed E-state index contributed by atoms with van der Waals surface area (Å²) >= 11 is 1.13. The van der Waals surface area contributed by atoms with E-state index in [2.05, 4.69) is 9.72 Å². The first-order valence-electron chi connectivity index (χ1n) is 8.35. The van der Waals surface area contributed by atoms with Crippen LogP contribution < -0.4 is 10.3 Å². The van der Waals surface area contributed by atoms with E-state index in [1.165, 1.54) is 37.7 Å². The maximum absolute atomic E-state index is 12.6. The summed E-state index contributed by atoms with van der Waals surface area (Å²) in [5.74, 6) is -0.744. The number of carbonyl (C=O) groups excluding carboxylic acids is 2. The summed E-state index contributed by atoms with van der Waals surface area (Å²) in [5.41, 5.74) is 0.766. The van der Waals surface area contributed by atoms with Crippen molar-refractivity contribution in [2.45, 2.75) is 26.8 Å². The summed E-state index contributed by atoms with van der Waals surface area (Å²) < 4.78 is 11.6.